The quantitative estimate of drug-likeness (QED) is 0.889. The van der Waals surface area contributed by atoms with Crippen molar-refractivity contribution < 1.29 is 9.90 Å². The molecule has 124 valence electrons. The number of benzene rings is 2. The fraction of sp³-hybridized carbons (Fsp3) is 0.211. The van der Waals surface area contributed by atoms with Crippen molar-refractivity contribution in [3.8, 4) is 5.75 Å². The molecular weight excluding hydrogens is 324 g/mol. The van der Waals surface area contributed by atoms with Crippen LogP contribution in [0.4, 0.5) is 5.69 Å². The molecule has 0 spiro atoms. The minimum absolute atomic E-state index is 0.0428. The summed E-state index contributed by atoms with van der Waals surface area (Å²) in [4.78, 5) is 14.2. The molecule has 0 saturated carbocycles. The summed E-state index contributed by atoms with van der Waals surface area (Å²) in [5, 5.41) is 12.8. The summed E-state index contributed by atoms with van der Waals surface area (Å²) in [6.45, 7) is 1.92. The molecule has 5 heteroatoms. The lowest BCUT2D eigenvalue weighted by atomic mass is 9.99. The Kier molecular flexibility index (Phi) is 5.18. The second-order valence-corrected chi connectivity index (χ2v) is 6.26. The molecule has 0 aromatic heterocycles. The van der Waals surface area contributed by atoms with Gasteiger partial charge < -0.3 is 10.4 Å². The van der Waals surface area contributed by atoms with Crippen LogP contribution in [0.3, 0.4) is 0 Å². The van der Waals surface area contributed by atoms with E-state index >= 15 is 0 Å². The Labute approximate surface area is 146 Å². The third kappa shape index (κ3) is 4.37. The second-order valence-electron chi connectivity index (χ2n) is 5.82. The van der Waals surface area contributed by atoms with E-state index < -0.39 is 0 Å². The third-order valence-electron chi connectivity index (χ3n) is 4.01. The standard InChI is InChI=1S/C19H19ClN2O2/c20-16-2-1-3-17(12-16)21-19(24)13-22-10-8-15(9-11-22)14-4-6-18(23)7-5-14/h1-8,12,23H,9-11,13H2,(H,21,24). The molecule has 1 aliphatic rings. The molecule has 0 saturated heterocycles. The van der Waals surface area contributed by atoms with Crippen molar-refractivity contribution in [3.63, 3.8) is 0 Å². The van der Waals surface area contributed by atoms with Crippen molar-refractivity contribution in [1.29, 1.82) is 0 Å². The van der Waals surface area contributed by atoms with Crippen molar-refractivity contribution in [2.45, 2.75) is 6.42 Å². The molecule has 0 fully saturated rings. The van der Waals surface area contributed by atoms with Crippen LogP contribution >= 0.6 is 11.6 Å². The van der Waals surface area contributed by atoms with Gasteiger partial charge >= 0.3 is 0 Å². The highest BCUT2D eigenvalue weighted by atomic mass is 35.5. The van der Waals surface area contributed by atoms with Gasteiger partial charge in [0.05, 0.1) is 6.54 Å². The van der Waals surface area contributed by atoms with Gasteiger partial charge in [-0.2, -0.15) is 0 Å². The van der Waals surface area contributed by atoms with Crippen LogP contribution in [0.2, 0.25) is 5.02 Å². The van der Waals surface area contributed by atoms with E-state index in [1.807, 2.05) is 24.3 Å². The van der Waals surface area contributed by atoms with Crippen LogP contribution in [-0.2, 0) is 4.79 Å². The molecule has 1 amide bonds. The Bertz CT molecular complexity index is 756. The van der Waals surface area contributed by atoms with E-state index in [2.05, 4.69) is 16.3 Å². The van der Waals surface area contributed by atoms with Gasteiger partial charge in [0.1, 0.15) is 5.75 Å². The maximum atomic E-state index is 12.1. The lowest BCUT2D eigenvalue weighted by molar-refractivity contribution is -0.117. The number of hydrogen-bond donors (Lipinski definition) is 2. The van der Waals surface area contributed by atoms with Crippen molar-refractivity contribution in [2.75, 3.05) is 25.0 Å². The molecule has 2 aromatic carbocycles. The van der Waals surface area contributed by atoms with E-state index in [0.717, 1.165) is 25.1 Å². The molecule has 0 bridgehead atoms. The second kappa shape index (κ2) is 7.51. The van der Waals surface area contributed by atoms with E-state index in [1.165, 1.54) is 5.57 Å². The number of phenols is 1. The molecule has 2 N–H and O–H groups in total. The van der Waals surface area contributed by atoms with Crippen LogP contribution in [0, 0.1) is 0 Å². The van der Waals surface area contributed by atoms with Crippen LogP contribution in [-0.4, -0.2) is 35.5 Å². The maximum Gasteiger partial charge on any atom is 0.238 e. The highest BCUT2D eigenvalue weighted by molar-refractivity contribution is 6.30. The number of carbonyl (C=O) groups excluding carboxylic acids is 1. The van der Waals surface area contributed by atoms with E-state index in [4.69, 9.17) is 11.6 Å². The highest BCUT2D eigenvalue weighted by Crippen LogP contribution is 2.24. The number of carbonyl (C=O) groups is 1. The molecular formula is C19H19ClN2O2. The Morgan fingerprint density at radius 3 is 2.67 bits per heavy atom. The van der Waals surface area contributed by atoms with Crippen LogP contribution in [0.25, 0.3) is 5.57 Å². The zero-order valence-electron chi connectivity index (χ0n) is 13.2. The zero-order chi connectivity index (χ0) is 16.9. The first-order valence-electron chi connectivity index (χ1n) is 7.86. The van der Waals surface area contributed by atoms with Crippen LogP contribution < -0.4 is 5.32 Å². The Morgan fingerprint density at radius 1 is 1.21 bits per heavy atom. The summed E-state index contributed by atoms with van der Waals surface area (Å²) < 4.78 is 0. The number of aromatic hydroxyl groups is 1. The predicted octanol–water partition coefficient (Wildman–Crippen LogP) is 3.77. The maximum absolute atomic E-state index is 12.1. The van der Waals surface area contributed by atoms with Gasteiger partial charge in [-0.1, -0.05) is 35.9 Å². The van der Waals surface area contributed by atoms with Gasteiger partial charge in [0.25, 0.3) is 0 Å². The molecule has 1 heterocycles. The van der Waals surface area contributed by atoms with Gasteiger partial charge in [0.2, 0.25) is 5.91 Å². The smallest absolute Gasteiger partial charge is 0.238 e. The number of hydrogen-bond acceptors (Lipinski definition) is 3. The molecule has 4 nitrogen and oxygen atoms in total. The number of nitrogens with zero attached hydrogens (tertiary/aromatic N) is 1. The monoisotopic (exact) mass is 342 g/mol. The first-order chi connectivity index (χ1) is 11.6. The lowest BCUT2D eigenvalue weighted by Gasteiger charge is -2.26. The number of phenolic OH excluding ortho intramolecular Hbond substituents is 1. The van der Waals surface area contributed by atoms with Crippen molar-refractivity contribution in [3.05, 3.63) is 65.2 Å². The summed E-state index contributed by atoms with van der Waals surface area (Å²) in [6.07, 6.45) is 3.03. The molecule has 1 aliphatic heterocycles. The minimum Gasteiger partial charge on any atom is -0.508 e. The normalized spacial score (nSPS) is 15.0. The largest absolute Gasteiger partial charge is 0.508 e. The van der Waals surface area contributed by atoms with E-state index in [0.29, 0.717) is 17.3 Å². The number of halogens is 1. The summed E-state index contributed by atoms with van der Waals surface area (Å²) in [5.74, 6) is 0.230. The summed E-state index contributed by atoms with van der Waals surface area (Å²) in [7, 11) is 0. The fourth-order valence-electron chi connectivity index (χ4n) is 2.76. The van der Waals surface area contributed by atoms with Crippen LogP contribution in [0.1, 0.15) is 12.0 Å². The Hall–Kier alpha value is -2.30. The summed E-state index contributed by atoms with van der Waals surface area (Å²) in [6, 6.07) is 14.4. The fourth-order valence-corrected chi connectivity index (χ4v) is 2.95. The van der Waals surface area contributed by atoms with E-state index in [1.54, 1.807) is 24.3 Å². The Balaban J connectivity index is 1.54. The first kappa shape index (κ1) is 16.6. The van der Waals surface area contributed by atoms with Crippen molar-refractivity contribution in [2.24, 2.45) is 0 Å². The topological polar surface area (TPSA) is 52.6 Å². The van der Waals surface area contributed by atoms with Gasteiger partial charge in [-0.05, 0) is 47.9 Å². The van der Waals surface area contributed by atoms with Gasteiger partial charge in [-0.25, -0.2) is 0 Å². The average molecular weight is 343 g/mol. The SMILES string of the molecule is O=C(CN1CC=C(c2ccc(O)cc2)CC1)Nc1cccc(Cl)c1. The number of amides is 1. The lowest BCUT2D eigenvalue weighted by Crippen LogP contribution is -2.36. The molecule has 3 rings (SSSR count). The number of anilines is 1. The summed E-state index contributed by atoms with van der Waals surface area (Å²) in [5.41, 5.74) is 3.09. The third-order valence-corrected chi connectivity index (χ3v) is 4.24. The van der Waals surface area contributed by atoms with Gasteiger partial charge in [-0.3, -0.25) is 9.69 Å². The molecule has 0 unspecified atom stereocenters. The minimum atomic E-state index is -0.0428. The zero-order valence-corrected chi connectivity index (χ0v) is 14.0. The molecule has 24 heavy (non-hydrogen) atoms. The molecule has 0 radical (unpaired) electrons. The van der Waals surface area contributed by atoms with Crippen molar-refractivity contribution in [1.82, 2.24) is 4.90 Å². The Morgan fingerprint density at radius 2 is 2.00 bits per heavy atom. The number of rotatable bonds is 4. The predicted molar refractivity (Wildman–Crippen MR) is 97.2 cm³/mol. The van der Waals surface area contributed by atoms with Gasteiger partial charge in [0, 0.05) is 23.8 Å². The average Bonchev–Trinajstić information content (AvgIpc) is 2.56. The van der Waals surface area contributed by atoms with Gasteiger partial charge in [0.15, 0.2) is 0 Å². The molecule has 0 aliphatic carbocycles. The van der Waals surface area contributed by atoms with Crippen molar-refractivity contribution >= 4 is 28.8 Å². The summed E-state index contributed by atoms with van der Waals surface area (Å²) >= 11 is 5.92. The molecule has 0 atom stereocenters. The van der Waals surface area contributed by atoms with Crippen LogP contribution in [0.15, 0.2) is 54.6 Å². The van der Waals surface area contributed by atoms with Gasteiger partial charge in [-0.15, -0.1) is 0 Å². The molecule has 2 aromatic rings. The van der Waals surface area contributed by atoms with Crippen LogP contribution in [0.5, 0.6) is 5.75 Å². The first-order valence-corrected chi connectivity index (χ1v) is 8.24. The van der Waals surface area contributed by atoms with E-state index in [9.17, 15) is 9.90 Å². The number of nitrogens with one attached hydrogen (secondary N) is 1. The highest BCUT2D eigenvalue weighted by Gasteiger charge is 2.16. The van der Waals surface area contributed by atoms with E-state index in [-0.39, 0.29) is 11.7 Å².